The van der Waals surface area contributed by atoms with Crippen LogP contribution in [0.3, 0.4) is 0 Å². The molecule has 0 radical (unpaired) electrons. The number of rotatable bonds is 5. The third-order valence-electron chi connectivity index (χ3n) is 9.68. The van der Waals surface area contributed by atoms with Crippen LogP contribution >= 0.6 is 0 Å². The van der Waals surface area contributed by atoms with E-state index in [1.165, 1.54) is 0 Å². The normalized spacial score (nSPS) is 21.8. The van der Waals surface area contributed by atoms with Crippen molar-refractivity contribution in [1.29, 1.82) is 0 Å². The van der Waals surface area contributed by atoms with Crippen molar-refractivity contribution in [2.75, 3.05) is 0 Å². The largest absolute Gasteiger partial charge is 0.494 e. The Labute approximate surface area is 269 Å². The Morgan fingerprint density at radius 1 is 0.717 bits per heavy atom. The predicted molar refractivity (Wildman–Crippen MR) is 188 cm³/mol. The second kappa shape index (κ2) is 11.0. The average molecular weight is 606 g/mol. The number of amidine groups is 2. The number of hydrogen-bond donors (Lipinski definition) is 1. The van der Waals surface area contributed by atoms with E-state index in [-0.39, 0.29) is 12.1 Å². The van der Waals surface area contributed by atoms with Gasteiger partial charge in [0.2, 0.25) is 0 Å². The molecule has 3 aliphatic rings. The zero-order valence-corrected chi connectivity index (χ0v) is 26.5. The van der Waals surface area contributed by atoms with Gasteiger partial charge in [0, 0.05) is 33.4 Å². The number of furan rings is 1. The third-order valence-corrected chi connectivity index (χ3v) is 9.68. The number of fused-ring (bicyclic) bond motifs is 3. The Hall–Kier alpha value is -4.72. The Kier molecular flexibility index (Phi) is 6.85. The number of para-hydroxylation sites is 1. The zero-order valence-electron chi connectivity index (χ0n) is 26.5. The van der Waals surface area contributed by atoms with Crippen LogP contribution in [-0.4, -0.2) is 36.2 Å². The van der Waals surface area contributed by atoms with Crippen LogP contribution in [-0.2, 0) is 9.31 Å². The second-order valence-corrected chi connectivity index (χ2v) is 13.3. The van der Waals surface area contributed by atoms with E-state index in [2.05, 4.69) is 112 Å². The molecule has 7 heteroatoms. The molecule has 6 nitrogen and oxygen atoms in total. The highest BCUT2D eigenvalue weighted by Gasteiger charge is 2.52. The molecule has 2 aliphatic heterocycles. The molecule has 1 aromatic heterocycles. The summed E-state index contributed by atoms with van der Waals surface area (Å²) in [5, 5.41) is 5.66. The maximum absolute atomic E-state index is 6.53. The fraction of sp³-hybridized carbons (Fsp3) is 0.231. The van der Waals surface area contributed by atoms with E-state index < -0.39 is 18.3 Å². The molecular formula is C39H36BN3O3. The first-order valence-electron chi connectivity index (χ1n) is 16.0. The van der Waals surface area contributed by atoms with Crippen molar-refractivity contribution < 1.29 is 13.7 Å². The molecule has 5 aromatic rings. The van der Waals surface area contributed by atoms with Crippen LogP contribution < -0.4 is 10.8 Å². The summed E-state index contributed by atoms with van der Waals surface area (Å²) in [5.74, 6) is 1.81. The first kappa shape index (κ1) is 28.7. The molecule has 0 saturated carbocycles. The van der Waals surface area contributed by atoms with Crippen LogP contribution in [0.25, 0.3) is 33.1 Å². The third kappa shape index (κ3) is 5.00. The van der Waals surface area contributed by atoms with Crippen molar-refractivity contribution in [2.24, 2.45) is 15.9 Å². The summed E-state index contributed by atoms with van der Waals surface area (Å²) in [4.78, 5) is 10.2. The number of hydrogen-bond acceptors (Lipinski definition) is 6. The quantitative estimate of drug-likeness (QED) is 0.208. The van der Waals surface area contributed by atoms with Crippen LogP contribution in [0.2, 0.25) is 0 Å². The Balaban J connectivity index is 1.24. The Bertz CT molecular complexity index is 2070. The lowest BCUT2D eigenvalue weighted by Crippen LogP contribution is -2.41. The predicted octanol–water partition coefficient (Wildman–Crippen LogP) is 7.81. The molecule has 3 heterocycles. The van der Waals surface area contributed by atoms with E-state index >= 15 is 0 Å². The van der Waals surface area contributed by atoms with Gasteiger partial charge in [0.1, 0.15) is 22.8 Å². The summed E-state index contributed by atoms with van der Waals surface area (Å²) < 4.78 is 19.6. The molecule has 1 aliphatic carbocycles. The van der Waals surface area contributed by atoms with Gasteiger partial charge in [-0.25, -0.2) is 9.98 Å². The number of nitrogens with zero attached hydrogens (tertiary/aromatic N) is 2. The molecule has 8 rings (SSSR count). The van der Waals surface area contributed by atoms with Gasteiger partial charge < -0.3 is 19.0 Å². The van der Waals surface area contributed by atoms with Gasteiger partial charge in [-0.1, -0.05) is 103 Å². The maximum atomic E-state index is 6.53. The van der Waals surface area contributed by atoms with Gasteiger partial charge >= 0.3 is 7.12 Å². The molecule has 0 amide bonds. The standard InChI is InChI=1S/C39H36BN3O3/c1-38(2)39(3,4)46-40(45-38)29-23-31(34-32(24-29)30-20-11-12-21-33(30)44-34)27-18-13-19-28(22-27)37-42-35(25-14-7-5-8-15-25)41-36(43-37)26-16-9-6-10-17-26/h5-16,18-24,26,36H,17H2,1-4H3,(H,41,42,43). The molecule has 1 N–H and O–H groups in total. The highest BCUT2D eigenvalue weighted by molar-refractivity contribution is 6.62. The topological polar surface area (TPSA) is 68.4 Å². The van der Waals surface area contributed by atoms with Gasteiger partial charge in [-0.2, -0.15) is 0 Å². The van der Waals surface area contributed by atoms with Crippen molar-refractivity contribution in [3.05, 3.63) is 126 Å². The molecular weight excluding hydrogens is 569 g/mol. The van der Waals surface area contributed by atoms with Crippen LogP contribution in [0, 0.1) is 5.92 Å². The van der Waals surface area contributed by atoms with E-state index in [1.54, 1.807) is 0 Å². The zero-order chi connectivity index (χ0) is 31.5. The molecule has 0 spiro atoms. The first-order valence-corrected chi connectivity index (χ1v) is 16.0. The second-order valence-electron chi connectivity index (χ2n) is 13.3. The molecule has 4 aromatic carbocycles. The number of nitrogens with one attached hydrogen (secondary N) is 1. The lowest BCUT2D eigenvalue weighted by Gasteiger charge is -2.32. The van der Waals surface area contributed by atoms with E-state index in [4.69, 9.17) is 23.7 Å². The lowest BCUT2D eigenvalue weighted by atomic mass is 9.77. The molecule has 46 heavy (non-hydrogen) atoms. The molecule has 2 unspecified atom stereocenters. The van der Waals surface area contributed by atoms with Crippen molar-refractivity contribution in [3.8, 4) is 11.1 Å². The van der Waals surface area contributed by atoms with Crippen LogP contribution in [0.5, 0.6) is 0 Å². The van der Waals surface area contributed by atoms with Gasteiger partial charge in [-0.15, -0.1) is 0 Å². The Morgan fingerprint density at radius 2 is 1.41 bits per heavy atom. The van der Waals surface area contributed by atoms with Gasteiger partial charge in [0.05, 0.1) is 11.2 Å². The van der Waals surface area contributed by atoms with E-state index in [0.29, 0.717) is 0 Å². The molecule has 228 valence electrons. The number of allylic oxidation sites excluding steroid dienone is 3. The summed E-state index contributed by atoms with van der Waals surface area (Å²) in [6.07, 6.45) is 9.24. The summed E-state index contributed by atoms with van der Waals surface area (Å²) in [6.45, 7) is 8.34. The smallest absolute Gasteiger partial charge is 0.455 e. The van der Waals surface area contributed by atoms with Gasteiger partial charge in [-0.3, -0.25) is 0 Å². The molecule has 2 atom stereocenters. The fourth-order valence-corrected chi connectivity index (χ4v) is 6.38. The van der Waals surface area contributed by atoms with E-state index in [1.807, 2.05) is 36.4 Å². The van der Waals surface area contributed by atoms with E-state index in [0.717, 1.165) is 67.7 Å². The minimum atomic E-state index is -0.502. The highest BCUT2D eigenvalue weighted by atomic mass is 16.7. The summed E-state index contributed by atoms with van der Waals surface area (Å²) in [7, 11) is -0.502. The molecule has 0 bridgehead atoms. The minimum Gasteiger partial charge on any atom is -0.455 e. The van der Waals surface area contributed by atoms with Crippen molar-refractivity contribution in [2.45, 2.75) is 51.5 Å². The fourth-order valence-electron chi connectivity index (χ4n) is 6.38. The number of benzene rings is 4. The highest BCUT2D eigenvalue weighted by Crippen LogP contribution is 2.39. The Morgan fingerprint density at radius 3 is 2.17 bits per heavy atom. The van der Waals surface area contributed by atoms with Gasteiger partial charge in [0.15, 0.2) is 6.17 Å². The average Bonchev–Trinajstić information content (AvgIpc) is 3.57. The molecule has 1 saturated heterocycles. The monoisotopic (exact) mass is 605 g/mol. The molecule has 1 fully saturated rings. The summed E-state index contributed by atoms with van der Waals surface area (Å²) >= 11 is 0. The lowest BCUT2D eigenvalue weighted by molar-refractivity contribution is 0.00578. The van der Waals surface area contributed by atoms with E-state index in [9.17, 15) is 0 Å². The number of aliphatic imine (C=N–C) groups is 2. The van der Waals surface area contributed by atoms with Crippen LogP contribution in [0.4, 0.5) is 0 Å². The minimum absolute atomic E-state index is 0.191. The van der Waals surface area contributed by atoms with Gasteiger partial charge in [0.25, 0.3) is 0 Å². The van der Waals surface area contributed by atoms with Crippen molar-refractivity contribution in [1.82, 2.24) is 5.32 Å². The van der Waals surface area contributed by atoms with Crippen molar-refractivity contribution in [3.63, 3.8) is 0 Å². The maximum Gasteiger partial charge on any atom is 0.494 e. The van der Waals surface area contributed by atoms with Gasteiger partial charge in [-0.05, 0) is 57.3 Å². The first-order chi connectivity index (χ1) is 22.3. The summed E-state index contributed by atoms with van der Waals surface area (Å²) in [6, 6.07) is 31.2. The summed E-state index contributed by atoms with van der Waals surface area (Å²) in [5.41, 5.74) is 5.75. The van der Waals surface area contributed by atoms with Crippen molar-refractivity contribution >= 4 is 46.2 Å². The SMILES string of the molecule is CC1(C)OB(c2cc(-c3cccc(C4=NC(C5C=CC=CC5)N=C(c5ccccc5)N4)c3)c3oc4ccccc4c3c2)OC1(C)C. The van der Waals surface area contributed by atoms with Crippen LogP contribution in [0.15, 0.2) is 130 Å². The van der Waals surface area contributed by atoms with Crippen LogP contribution in [0.1, 0.15) is 45.2 Å².